The first-order valence-corrected chi connectivity index (χ1v) is 13.0. The van der Waals surface area contributed by atoms with Crippen LogP contribution in [0.3, 0.4) is 0 Å². The number of rotatable bonds is 5. The number of thiophene rings is 1. The third-order valence-corrected chi connectivity index (χ3v) is 7.80. The van der Waals surface area contributed by atoms with E-state index in [0.29, 0.717) is 11.5 Å². The first kappa shape index (κ1) is 21.3. The van der Waals surface area contributed by atoms with Crippen LogP contribution in [0.1, 0.15) is 23.3 Å². The average Bonchev–Trinajstić information content (AvgIpc) is 3.70. The van der Waals surface area contributed by atoms with E-state index < -0.39 is 0 Å². The van der Waals surface area contributed by atoms with Crippen molar-refractivity contribution in [3.63, 3.8) is 0 Å². The molecule has 7 heterocycles. The molecule has 0 aliphatic carbocycles. The Kier molecular flexibility index (Phi) is 5.11. The van der Waals surface area contributed by atoms with Gasteiger partial charge in [0, 0.05) is 51.4 Å². The third kappa shape index (κ3) is 3.77. The molecule has 0 unspecified atom stereocenters. The van der Waals surface area contributed by atoms with Crippen molar-refractivity contribution >= 4 is 33.4 Å². The summed E-state index contributed by atoms with van der Waals surface area (Å²) in [6.07, 6.45) is 10.0. The first-order chi connectivity index (χ1) is 17.7. The number of aromatic amines is 2. The van der Waals surface area contributed by atoms with E-state index >= 15 is 0 Å². The van der Waals surface area contributed by atoms with Gasteiger partial charge in [-0.2, -0.15) is 5.10 Å². The lowest BCUT2D eigenvalue weighted by Gasteiger charge is -2.14. The maximum atomic E-state index is 4.79. The number of nitrogens with zero attached hydrogens (tertiary/aromatic N) is 6. The van der Waals surface area contributed by atoms with Gasteiger partial charge in [0.25, 0.3) is 0 Å². The molecule has 178 valence electrons. The van der Waals surface area contributed by atoms with Gasteiger partial charge in [-0.1, -0.05) is 0 Å². The normalized spacial score (nSPS) is 14.4. The second-order valence-corrected chi connectivity index (χ2v) is 10.6. The summed E-state index contributed by atoms with van der Waals surface area (Å²) in [5, 5.41) is 8.64. The summed E-state index contributed by atoms with van der Waals surface area (Å²) >= 11 is 1.76. The van der Waals surface area contributed by atoms with Crippen LogP contribution in [0.25, 0.3) is 55.3 Å². The number of imidazole rings is 1. The lowest BCUT2D eigenvalue weighted by atomic mass is 10.1. The number of fused-ring (bicyclic) bond motifs is 2. The summed E-state index contributed by atoms with van der Waals surface area (Å²) < 4.78 is 0. The van der Waals surface area contributed by atoms with Crippen LogP contribution in [0.2, 0.25) is 0 Å². The van der Waals surface area contributed by atoms with Crippen LogP contribution < -0.4 is 0 Å². The summed E-state index contributed by atoms with van der Waals surface area (Å²) in [4.78, 5) is 26.9. The zero-order valence-corrected chi connectivity index (χ0v) is 20.6. The van der Waals surface area contributed by atoms with Crippen molar-refractivity contribution in [2.24, 2.45) is 0 Å². The molecular weight excluding hydrogens is 468 g/mol. The van der Waals surface area contributed by atoms with Gasteiger partial charge in [-0.3, -0.25) is 20.0 Å². The Labute approximate surface area is 211 Å². The van der Waals surface area contributed by atoms with Crippen LogP contribution >= 0.6 is 11.3 Å². The monoisotopic (exact) mass is 492 g/mol. The summed E-state index contributed by atoms with van der Waals surface area (Å²) in [7, 11) is 0. The molecule has 0 bridgehead atoms. The van der Waals surface area contributed by atoms with Crippen LogP contribution in [-0.2, 0) is 6.54 Å². The number of H-pyrrole nitrogens is 2. The zero-order valence-electron chi connectivity index (χ0n) is 19.8. The van der Waals surface area contributed by atoms with Gasteiger partial charge in [0.2, 0.25) is 0 Å². The van der Waals surface area contributed by atoms with Gasteiger partial charge >= 0.3 is 0 Å². The van der Waals surface area contributed by atoms with E-state index in [2.05, 4.69) is 66.2 Å². The van der Waals surface area contributed by atoms with Crippen LogP contribution in [0.4, 0.5) is 0 Å². The van der Waals surface area contributed by atoms with Crippen LogP contribution in [0.5, 0.6) is 0 Å². The molecule has 6 aromatic rings. The molecule has 0 amide bonds. The highest BCUT2D eigenvalue weighted by molar-refractivity contribution is 7.15. The maximum absolute atomic E-state index is 4.79. The Hall–Kier alpha value is -3.95. The van der Waals surface area contributed by atoms with E-state index in [1.54, 1.807) is 11.3 Å². The van der Waals surface area contributed by atoms with Crippen molar-refractivity contribution < 1.29 is 0 Å². The van der Waals surface area contributed by atoms with Crippen LogP contribution in [0.15, 0.2) is 55.1 Å². The fourth-order valence-corrected chi connectivity index (χ4v) is 5.88. The van der Waals surface area contributed by atoms with E-state index in [9.17, 15) is 0 Å². The van der Waals surface area contributed by atoms with Gasteiger partial charge in [0.1, 0.15) is 5.69 Å². The molecule has 1 aliphatic rings. The lowest BCUT2D eigenvalue weighted by Crippen LogP contribution is -2.18. The predicted molar refractivity (Wildman–Crippen MR) is 143 cm³/mol. The molecule has 1 aliphatic heterocycles. The third-order valence-electron chi connectivity index (χ3n) is 6.76. The minimum atomic E-state index is 0.679. The molecule has 8 nitrogen and oxygen atoms in total. The fourth-order valence-electron chi connectivity index (χ4n) is 4.98. The molecule has 7 rings (SSSR count). The molecule has 6 aromatic heterocycles. The second kappa shape index (κ2) is 8.61. The highest BCUT2D eigenvalue weighted by Gasteiger charge is 2.18. The van der Waals surface area contributed by atoms with Crippen molar-refractivity contribution in [3.05, 3.63) is 65.6 Å². The minimum absolute atomic E-state index is 0.679. The predicted octanol–water partition coefficient (Wildman–Crippen LogP) is 5.59. The van der Waals surface area contributed by atoms with Crippen molar-refractivity contribution in [2.45, 2.75) is 26.3 Å². The largest absolute Gasteiger partial charge is 0.335 e. The van der Waals surface area contributed by atoms with E-state index in [0.717, 1.165) is 58.6 Å². The van der Waals surface area contributed by atoms with Crippen molar-refractivity contribution in [2.75, 3.05) is 13.1 Å². The lowest BCUT2D eigenvalue weighted by molar-refractivity contribution is 0.331. The molecule has 36 heavy (non-hydrogen) atoms. The number of hydrogen-bond donors (Lipinski definition) is 2. The molecule has 1 saturated heterocycles. The standard InChI is InChI=1S/C27H24N8S/c1-16-4-5-23(36-16)19-6-7-29-26-24(19)31-27(32-26)25-20-11-21(30-14-22(20)33-34-25)18-10-17(12-28-13-18)15-35-8-2-3-9-35/h4-7,10-14H,2-3,8-9,15H2,1H3,(H,33,34)(H,29,31,32). The number of nitrogens with one attached hydrogen (secondary N) is 2. The molecule has 1 fully saturated rings. The Morgan fingerprint density at radius 3 is 2.81 bits per heavy atom. The molecule has 0 saturated carbocycles. The molecule has 2 N–H and O–H groups in total. The fraction of sp³-hybridized carbons (Fsp3) is 0.222. The van der Waals surface area contributed by atoms with E-state index in [1.807, 2.05) is 30.9 Å². The van der Waals surface area contributed by atoms with Gasteiger partial charge in [0.05, 0.1) is 22.9 Å². The molecule has 0 aromatic carbocycles. The molecule has 0 radical (unpaired) electrons. The molecule has 0 spiro atoms. The summed E-state index contributed by atoms with van der Waals surface area (Å²) in [6.45, 7) is 5.36. The zero-order chi connectivity index (χ0) is 24.1. The Morgan fingerprint density at radius 2 is 1.94 bits per heavy atom. The topological polar surface area (TPSA) is 99.3 Å². The number of aryl methyl sites for hydroxylation is 1. The van der Waals surface area contributed by atoms with Gasteiger partial charge in [-0.05, 0) is 68.8 Å². The van der Waals surface area contributed by atoms with Crippen molar-refractivity contribution in [1.29, 1.82) is 0 Å². The SMILES string of the molecule is Cc1ccc(-c2ccnc3nc(-c4n[nH]c5cnc(-c6cncc(CN7CCCC7)c6)cc45)[nH]c23)s1. The summed E-state index contributed by atoms with van der Waals surface area (Å²) in [5.74, 6) is 0.683. The van der Waals surface area contributed by atoms with Gasteiger partial charge in [-0.25, -0.2) is 9.97 Å². The second-order valence-electron chi connectivity index (χ2n) is 9.31. The molecular formula is C27H24N8S. The maximum Gasteiger partial charge on any atom is 0.178 e. The minimum Gasteiger partial charge on any atom is -0.335 e. The number of hydrogen-bond acceptors (Lipinski definition) is 7. The quantitative estimate of drug-likeness (QED) is 0.325. The van der Waals surface area contributed by atoms with Gasteiger partial charge in [-0.15, -0.1) is 11.3 Å². The summed E-state index contributed by atoms with van der Waals surface area (Å²) in [6, 6.07) is 10.6. The number of pyridine rings is 3. The van der Waals surface area contributed by atoms with E-state index in [1.165, 1.54) is 28.2 Å². The van der Waals surface area contributed by atoms with E-state index in [4.69, 9.17) is 4.98 Å². The van der Waals surface area contributed by atoms with Crippen molar-refractivity contribution in [1.82, 2.24) is 40.0 Å². The van der Waals surface area contributed by atoms with Gasteiger partial charge in [0.15, 0.2) is 11.5 Å². The van der Waals surface area contributed by atoms with Gasteiger partial charge < -0.3 is 4.98 Å². The average molecular weight is 493 g/mol. The Balaban J connectivity index is 1.28. The smallest absolute Gasteiger partial charge is 0.178 e. The molecule has 9 heteroatoms. The van der Waals surface area contributed by atoms with E-state index in [-0.39, 0.29) is 0 Å². The Morgan fingerprint density at radius 1 is 1.03 bits per heavy atom. The first-order valence-electron chi connectivity index (χ1n) is 12.1. The van der Waals surface area contributed by atoms with Crippen LogP contribution in [0, 0.1) is 6.92 Å². The Bertz CT molecular complexity index is 1710. The summed E-state index contributed by atoms with van der Waals surface area (Å²) in [5.41, 5.74) is 7.38. The highest BCUT2D eigenvalue weighted by atomic mass is 32.1. The number of likely N-dealkylation sites (tertiary alicyclic amines) is 1. The highest BCUT2D eigenvalue weighted by Crippen LogP contribution is 2.34. The van der Waals surface area contributed by atoms with Crippen molar-refractivity contribution in [3.8, 4) is 33.2 Å². The molecule has 0 atom stereocenters. The number of aromatic nitrogens is 7. The van der Waals surface area contributed by atoms with Crippen LogP contribution in [-0.4, -0.2) is 53.1 Å².